The van der Waals surface area contributed by atoms with Gasteiger partial charge in [-0.05, 0) is 89.5 Å². The standard InChI is InChI=1S/C73H139N2O7P/c1-7-10-13-16-19-22-25-27-29-31-33-35-37-39-41-43-45-47-50-53-56-59-62-65-72(76)74-70(69-81-83(78,79)80-68-67-75(4,5)6)71(64-61-58-55-52-49-24-21-18-15-12-9-3)82-73(77)66-63-60-57-54-51-48-46-44-42-40-38-36-34-32-30-28-26-23-20-17-14-11-8-2/h19,22,27-30,61,64,70-71H,7-18,20-21,23-26,31-60,62-63,65-69H2,1-6H3,(H-,74,76,78,79)/b22-19-,29-27-,30-28+,64-61+. The minimum atomic E-state index is -4.70. The summed E-state index contributed by atoms with van der Waals surface area (Å²) in [5.41, 5.74) is 0. The van der Waals surface area contributed by atoms with Crippen LogP contribution in [0, 0.1) is 0 Å². The zero-order valence-corrected chi connectivity index (χ0v) is 56.8. The van der Waals surface area contributed by atoms with Crippen molar-refractivity contribution in [3.63, 3.8) is 0 Å². The highest BCUT2D eigenvalue weighted by molar-refractivity contribution is 7.45. The van der Waals surface area contributed by atoms with Crippen molar-refractivity contribution in [2.24, 2.45) is 0 Å². The predicted octanol–water partition coefficient (Wildman–Crippen LogP) is 22.2. The predicted molar refractivity (Wildman–Crippen MR) is 358 cm³/mol. The third-order valence-electron chi connectivity index (χ3n) is 16.2. The zero-order valence-electron chi connectivity index (χ0n) is 55.9. The van der Waals surface area contributed by atoms with Crippen LogP contribution in [0.1, 0.15) is 355 Å². The van der Waals surface area contributed by atoms with Crippen molar-refractivity contribution in [1.29, 1.82) is 0 Å². The molecule has 3 unspecified atom stereocenters. The summed E-state index contributed by atoms with van der Waals surface area (Å²) in [5.74, 6) is -0.527. The summed E-state index contributed by atoms with van der Waals surface area (Å²) < 4.78 is 30.4. The van der Waals surface area contributed by atoms with Crippen molar-refractivity contribution in [2.75, 3.05) is 40.9 Å². The maximum atomic E-state index is 13.6. The van der Waals surface area contributed by atoms with E-state index >= 15 is 0 Å². The first-order chi connectivity index (χ1) is 40.4. The Morgan fingerprint density at radius 1 is 0.422 bits per heavy atom. The van der Waals surface area contributed by atoms with Gasteiger partial charge in [-0.2, -0.15) is 0 Å². The van der Waals surface area contributed by atoms with Crippen LogP contribution in [0.2, 0.25) is 0 Å². The summed E-state index contributed by atoms with van der Waals surface area (Å²) in [6.45, 7) is 6.86. The van der Waals surface area contributed by atoms with Gasteiger partial charge in [0, 0.05) is 12.8 Å². The summed E-state index contributed by atoms with van der Waals surface area (Å²) in [6.07, 6.45) is 79.5. The van der Waals surface area contributed by atoms with Gasteiger partial charge >= 0.3 is 5.97 Å². The lowest BCUT2D eigenvalue weighted by Gasteiger charge is -2.30. The van der Waals surface area contributed by atoms with Crippen LogP contribution in [-0.2, 0) is 27.9 Å². The lowest BCUT2D eigenvalue weighted by Crippen LogP contribution is -2.47. The molecule has 1 amide bonds. The van der Waals surface area contributed by atoms with Crippen LogP contribution in [0.15, 0.2) is 48.6 Å². The Bertz CT molecular complexity index is 1560. The number of rotatable bonds is 66. The number of phosphoric ester groups is 1. The number of nitrogens with zero attached hydrogens (tertiary/aromatic N) is 1. The molecular formula is C73H139N2O7P. The minimum Gasteiger partial charge on any atom is -0.756 e. The number of hydrogen-bond donors (Lipinski definition) is 1. The highest BCUT2D eigenvalue weighted by Crippen LogP contribution is 2.38. The molecule has 0 rings (SSSR count). The molecule has 0 saturated carbocycles. The maximum Gasteiger partial charge on any atom is 0.306 e. The number of allylic oxidation sites excluding steroid dienone is 7. The number of hydrogen-bond acceptors (Lipinski definition) is 7. The lowest BCUT2D eigenvalue weighted by molar-refractivity contribution is -0.870. The van der Waals surface area contributed by atoms with Gasteiger partial charge in [0.2, 0.25) is 5.91 Å². The van der Waals surface area contributed by atoms with Crippen LogP contribution < -0.4 is 10.2 Å². The number of phosphoric acid groups is 1. The molecule has 0 aliphatic rings. The van der Waals surface area contributed by atoms with E-state index in [1.165, 1.54) is 257 Å². The van der Waals surface area contributed by atoms with Gasteiger partial charge in [0.15, 0.2) is 0 Å². The van der Waals surface area contributed by atoms with E-state index in [1.807, 2.05) is 33.3 Å². The molecule has 0 spiro atoms. The Labute approximate surface area is 516 Å². The molecule has 0 heterocycles. The van der Waals surface area contributed by atoms with Crippen LogP contribution in [-0.4, -0.2) is 69.4 Å². The molecule has 0 bridgehead atoms. The van der Waals surface area contributed by atoms with E-state index in [2.05, 4.69) is 62.5 Å². The molecule has 0 saturated heterocycles. The quantitative estimate of drug-likeness (QED) is 0.0212. The highest BCUT2D eigenvalue weighted by Gasteiger charge is 2.27. The van der Waals surface area contributed by atoms with Crippen LogP contribution in [0.5, 0.6) is 0 Å². The molecule has 0 radical (unpaired) electrons. The zero-order chi connectivity index (χ0) is 60.7. The monoisotopic (exact) mass is 1190 g/mol. The van der Waals surface area contributed by atoms with Crippen molar-refractivity contribution in [2.45, 2.75) is 367 Å². The van der Waals surface area contributed by atoms with Crippen LogP contribution in [0.4, 0.5) is 0 Å². The number of unbranched alkanes of at least 4 members (excludes halogenated alkanes) is 44. The molecule has 0 aromatic carbocycles. The van der Waals surface area contributed by atoms with Gasteiger partial charge in [0.05, 0.1) is 33.8 Å². The fraction of sp³-hybridized carbons (Fsp3) is 0.863. The van der Waals surface area contributed by atoms with Crippen molar-refractivity contribution >= 4 is 19.7 Å². The minimum absolute atomic E-state index is 0.0209. The van der Waals surface area contributed by atoms with E-state index in [0.717, 1.165) is 64.2 Å². The van der Waals surface area contributed by atoms with Crippen molar-refractivity contribution in [3.05, 3.63) is 48.6 Å². The van der Waals surface area contributed by atoms with Gasteiger partial charge in [-0.3, -0.25) is 14.2 Å². The Morgan fingerprint density at radius 2 is 0.735 bits per heavy atom. The van der Waals surface area contributed by atoms with E-state index in [-0.39, 0.29) is 31.5 Å². The SMILES string of the molecule is CCCCC/C=C\C/C=C\CCCCCCCCCCCCCCCC(=O)NC(COP(=O)([O-])OCC[N+](C)(C)C)C(/C=C/CCCCCCCCCCC)OC(=O)CCCCCCCCCCCCCCC/C=C/CCCCCCCC. The smallest absolute Gasteiger partial charge is 0.306 e. The number of ether oxygens (including phenoxy) is 1. The summed E-state index contributed by atoms with van der Waals surface area (Å²) in [5, 5.41) is 3.05. The topological polar surface area (TPSA) is 114 Å². The molecule has 0 fully saturated rings. The van der Waals surface area contributed by atoms with Crippen LogP contribution in [0.25, 0.3) is 0 Å². The van der Waals surface area contributed by atoms with Gasteiger partial charge < -0.3 is 28.5 Å². The van der Waals surface area contributed by atoms with Gasteiger partial charge in [0.25, 0.3) is 7.82 Å². The van der Waals surface area contributed by atoms with Crippen LogP contribution in [0.3, 0.4) is 0 Å². The first kappa shape index (κ1) is 81.0. The summed E-state index contributed by atoms with van der Waals surface area (Å²) in [4.78, 5) is 40.2. The number of quaternary nitrogens is 1. The van der Waals surface area contributed by atoms with E-state index in [9.17, 15) is 19.0 Å². The average molecular weight is 1190 g/mol. The molecule has 0 aromatic rings. The fourth-order valence-corrected chi connectivity index (χ4v) is 11.4. The normalized spacial score (nSPS) is 13.8. The number of likely N-dealkylation sites (N-methyl/N-ethyl adjacent to an activating group) is 1. The van der Waals surface area contributed by atoms with Crippen molar-refractivity contribution < 1.29 is 37.3 Å². The van der Waals surface area contributed by atoms with Crippen molar-refractivity contribution in [1.82, 2.24) is 5.32 Å². The fourth-order valence-electron chi connectivity index (χ4n) is 10.7. The third-order valence-corrected chi connectivity index (χ3v) is 17.2. The number of nitrogens with one attached hydrogen (secondary N) is 1. The van der Waals surface area contributed by atoms with E-state index in [1.54, 1.807) is 0 Å². The molecule has 9 nitrogen and oxygen atoms in total. The van der Waals surface area contributed by atoms with Gasteiger partial charge in [-0.25, -0.2) is 0 Å². The molecular weight excluding hydrogens is 1050 g/mol. The Morgan fingerprint density at radius 3 is 1.12 bits per heavy atom. The average Bonchev–Trinajstić information content (AvgIpc) is 3.51. The molecule has 0 aromatic heterocycles. The third kappa shape index (κ3) is 64.3. The molecule has 83 heavy (non-hydrogen) atoms. The Balaban J connectivity index is 5.00. The maximum absolute atomic E-state index is 13.6. The van der Waals surface area contributed by atoms with E-state index < -0.39 is 20.0 Å². The van der Waals surface area contributed by atoms with Crippen LogP contribution >= 0.6 is 7.82 Å². The van der Waals surface area contributed by atoms with E-state index in [4.69, 9.17) is 13.8 Å². The van der Waals surface area contributed by atoms with Gasteiger partial charge in [0.1, 0.15) is 19.3 Å². The summed E-state index contributed by atoms with van der Waals surface area (Å²) >= 11 is 0. The summed E-state index contributed by atoms with van der Waals surface area (Å²) in [6, 6.07) is -0.888. The van der Waals surface area contributed by atoms with E-state index in [0.29, 0.717) is 17.4 Å². The molecule has 0 aliphatic carbocycles. The number of esters is 1. The summed E-state index contributed by atoms with van der Waals surface area (Å²) in [7, 11) is 1.20. The Hall–Kier alpha value is -2.03. The lowest BCUT2D eigenvalue weighted by atomic mass is 10.0. The Kier molecular flexibility index (Phi) is 61.5. The second kappa shape index (κ2) is 63.0. The first-order valence-electron chi connectivity index (χ1n) is 35.9. The number of carbonyl (C=O) groups is 2. The van der Waals surface area contributed by atoms with Gasteiger partial charge in [-0.15, -0.1) is 0 Å². The molecule has 10 heteroatoms. The second-order valence-corrected chi connectivity index (χ2v) is 27.1. The van der Waals surface area contributed by atoms with Crippen molar-refractivity contribution in [3.8, 4) is 0 Å². The molecule has 0 aliphatic heterocycles. The van der Waals surface area contributed by atoms with Gasteiger partial charge in [-0.1, -0.05) is 301 Å². The molecule has 488 valence electrons. The second-order valence-electron chi connectivity index (χ2n) is 25.7. The highest BCUT2D eigenvalue weighted by atomic mass is 31.2. The first-order valence-corrected chi connectivity index (χ1v) is 37.4. The largest absolute Gasteiger partial charge is 0.756 e. The number of amides is 1. The molecule has 3 atom stereocenters. The number of carbonyl (C=O) groups excluding carboxylic acids is 2. The molecule has 1 N–H and O–H groups in total.